The van der Waals surface area contributed by atoms with Gasteiger partial charge in [-0.3, -0.25) is 4.79 Å². The van der Waals surface area contributed by atoms with Crippen LogP contribution in [0, 0.1) is 5.41 Å². The minimum absolute atomic E-state index is 0. The number of anilines is 1. The lowest BCUT2D eigenvalue weighted by Gasteiger charge is -2.30. The van der Waals surface area contributed by atoms with Gasteiger partial charge in [0.25, 0.3) is 0 Å². The number of halogens is 3. The maximum absolute atomic E-state index is 12.6. The van der Waals surface area contributed by atoms with E-state index >= 15 is 0 Å². The van der Waals surface area contributed by atoms with E-state index in [1.54, 1.807) is 0 Å². The second kappa shape index (κ2) is 10.5. The van der Waals surface area contributed by atoms with E-state index < -0.39 is 5.41 Å². The molecule has 0 aliphatic carbocycles. The topological polar surface area (TPSA) is 58.4 Å². The number of nitrogens with two attached hydrogens (primary N) is 1. The Morgan fingerprint density at radius 3 is 2.38 bits per heavy atom. The predicted molar refractivity (Wildman–Crippen MR) is 109 cm³/mol. The number of rotatable bonds is 6. The first kappa shape index (κ1) is 23.5. The Balaban J connectivity index is 0.00000264. The lowest BCUT2D eigenvalue weighted by atomic mass is 9.81. The molecule has 1 aliphatic heterocycles. The van der Waals surface area contributed by atoms with Gasteiger partial charge in [-0.15, -0.1) is 24.8 Å². The van der Waals surface area contributed by atoms with Crippen LogP contribution in [0.25, 0.3) is 0 Å². The maximum Gasteiger partial charge on any atom is 0.227 e. The number of nitrogens with zero attached hydrogens (tertiary/aromatic N) is 1. The standard InChI is InChI=1S/C17H26BrN3O.2ClH/c1-3-17(4-2,12-19)16(22)20-14-9-10-21(11-14)15-7-5-13(18)6-8-15;;/h5-8,14H,3-4,9-12,19H2,1-2H3,(H,20,22);2*1H. The van der Waals surface area contributed by atoms with Crippen molar-refractivity contribution in [3.05, 3.63) is 28.7 Å². The third-order valence-electron chi connectivity index (χ3n) is 4.94. The molecule has 0 spiro atoms. The maximum atomic E-state index is 12.6. The van der Waals surface area contributed by atoms with Gasteiger partial charge in [0, 0.05) is 35.8 Å². The van der Waals surface area contributed by atoms with Gasteiger partial charge in [0.1, 0.15) is 0 Å². The third-order valence-corrected chi connectivity index (χ3v) is 5.47. The Hall–Kier alpha value is -0.490. The molecule has 0 radical (unpaired) electrons. The normalized spacial score (nSPS) is 17.0. The minimum atomic E-state index is -0.412. The smallest absolute Gasteiger partial charge is 0.227 e. The van der Waals surface area contributed by atoms with Gasteiger partial charge in [0.2, 0.25) is 5.91 Å². The van der Waals surface area contributed by atoms with E-state index in [1.165, 1.54) is 5.69 Å². The number of benzene rings is 1. The summed E-state index contributed by atoms with van der Waals surface area (Å²) in [5.74, 6) is 0.114. The van der Waals surface area contributed by atoms with Crippen LogP contribution >= 0.6 is 40.7 Å². The van der Waals surface area contributed by atoms with Crippen molar-refractivity contribution in [2.75, 3.05) is 24.5 Å². The quantitative estimate of drug-likeness (QED) is 0.707. The fourth-order valence-corrected chi connectivity index (χ4v) is 3.32. The van der Waals surface area contributed by atoms with Gasteiger partial charge < -0.3 is 16.0 Å². The van der Waals surface area contributed by atoms with Crippen molar-refractivity contribution >= 4 is 52.3 Å². The first-order valence-corrected chi connectivity index (χ1v) is 8.85. The molecule has 0 aromatic heterocycles. The molecule has 1 atom stereocenters. The molecule has 0 saturated carbocycles. The summed E-state index contributed by atoms with van der Waals surface area (Å²) in [6.45, 7) is 6.33. The molecule has 1 aromatic carbocycles. The van der Waals surface area contributed by atoms with E-state index in [4.69, 9.17) is 5.73 Å². The van der Waals surface area contributed by atoms with Crippen LogP contribution in [0.5, 0.6) is 0 Å². The molecule has 1 unspecified atom stereocenters. The van der Waals surface area contributed by atoms with Crippen LogP contribution in [-0.4, -0.2) is 31.6 Å². The van der Waals surface area contributed by atoms with Gasteiger partial charge in [-0.1, -0.05) is 29.8 Å². The molecule has 7 heteroatoms. The van der Waals surface area contributed by atoms with Gasteiger partial charge in [0.15, 0.2) is 0 Å². The molecule has 4 nitrogen and oxygen atoms in total. The highest BCUT2D eigenvalue weighted by Gasteiger charge is 2.35. The van der Waals surface area contributed by atoms with E-state index in [0.29, 0.717) is 6.54 Å². The highest BCUT2D eigenvalue weighted by molar-refractivity contribution is 9.10. The Kier molecular flexibility index (Phi) is 10.3. The van der Waals surface area contributed by atoms with Crippen LogP contribution in [0.15, 0.2) is 28.7 Å². The van der Waals surface area contributed by atoms with Gasteiger partial charge in [-0.25, -0.2) is 0 Å². The summed E-state index contributed by atoms with van der Waals surface area (Å²) < 4.78 is 1.08. The van der Waals surface area contributed by atoms with Crippen LogP contribution in [0.1, 0.15) is 33.1 Å². The number of carbonyl (C=O) groups excluding carboxylic acids is 1. The van der Waals surface area contributed by atoms with E-state index in [-0.39, 0.29) is 36.8 Å². The van der Waals surface area contributed by atoms with Crippen LogP contribution in [-0.2, 0) is 4.79 Å². The summed E-state index contributed by atoms with van der Waals surface area (Å²) in [5.41, 5.74) is 6.65. The molecule has 138 valence electrons. The highest BCUT2D eigenvalue weighted by Crippen LogP contribution is 2.27. The van der Waals surface area contributed by atoms with Crippen molar-refractivity contribution in [3.8, 4) is 0 Å². The Morgan fingerprint density at radius 2 is 1.88 bits per heavy atom. The molecule has 1 saturated heterocycles. The average Bonchev–Trinajstić information content (AvgIpc) is 2.99. The zero-order valence-electron chi connectivity index (χ0n) is 14.3. The van der Waals surface area contributed by atoms with Crippen molar-refractivity contribution in [2.24, 2.45) is 11.1 Å². The van der Waals surface area contributed by atoms with Crippen LogP contribution in [0.2, 0.25) is 0 Å². The summed E-state index contributed by atoms with van der Waals surface area (Å²) in [6.07, 6.45) is 2.56. The number of amides is 1. The van der Waals surface area contributed by atoms with Crippen LogP contribution in [0.4, 0.5) is 5.69 Å². The number of nitrogens with one attached hydrogen (secondary N) is 1. The number of hydrogen-bond acceptors (Lipinski definition) is 3. The van der Waals surface area contributed by atoms with Crippen molar-refractivity contribution < 1.29 is 4.79 Å². The fraction of sp³-hybridized carbons (Fsp3) is 0.588. The largest absolute Gasteiger partial charge is 0.369 e. The Bertz CT molecular complexity index is 501. The second-order valence-electron chi connectivity index (χ2n) is 6.07. The zero-order valence-corrected chi connectivity index (χ0v) is 17.5. The van der Waals surface area contributed by atoms with E-state index in [0.717, 1.165) is 36.8 Å². The fourth-order valence-electron chi connectivity index (χ4n) is 3.06. The summed E-state index contributed by atoms with van der Waals surface area (Å²) in [7, 11) is 0. The first-order valence-electron chi connectivity index (χ1n) is 8.06. The van der Waals surface area contributed by atoms with E-state index in [9.17, 15) is 4.79 Å². The second-order valence-corrected chi connectivity index (χ2v) is 6.99. The molecule has 2 rings (SSSR count). The van der Waals surface area contributed by atoms with E-state index in [2.05, 4.69) is 50.4 Å². The lowest BCUT2D eigenvalue weighted by Crippen LogP contribution is -2.49. The van der Waals surface area contributed by atoms with Crippen molar-refractivity contribution in [3.63, 3.8) is 0 Å². The van der Waals surface area contributed by atoms with Crippen LogP contribution < -0.4 is 16.0 Å². The molecular formula is C17H28BrCl2N3O. The molecule has 1 aromatic rings. The van der Waals surface area contributed by atoms with Crippen molar-refractivity contribution in [1.29, 1.82) is 0 Å². The van der Waals surface area contributed by atoms with E-state index in [1.807, 2.05) is 13.8 Å². The molecule has 1 aliphatic rings. The highest BCUT2D eigenvalue weighted by atomic mass is 79.9. The van der Waals surface area contributed by atoms with Gasteiger partial charge in [-0.05, 0) is 43.5 Å². The number of hydrogen-bond donors (Lipinski definition) is 2. The minimum Gasteiger partial charge on any atom is -0.369 e. The van der Waals surface area contributed by atoms with Crippen molar-refractivity contribution in [1.82, 2.24) is 5.32 Å². The Labute approximate surface area is 165 Å². The summed E-state index contributed by atoms with van der Waals surface area (Å²) in [5, 5.41) is 3.21. The summed E-state index contributed by atoms with van der Waals surface area (Å²) >= 11 is 3.46. The predicted octanol–water partition coefficient (Wildman–Crippen LogP) is 3.75. The molecule has 24 heavy (non-hydrogen) atoms. The van der Waals surface area contributed by atoms with Gasteiger partial charge in [0.05, 0.1) is 5.41 Å². The lowest BCUT2D eigenvalue weighted by molar-refractivity contribution is -0.131. The monoisotopic (exact) mass is 439 g/mol. The molecule has 1 fully saturated rings. The molecular weight excluding hydrogens is 413 g/mol. The average molecular weight is 441 g/mol. The van der Waals surface area contributed by atoms with Crippen molar-refractivity contribution in [2.45, 2.75) is 39.2 Å². The Morgan fingerprint density at radius 1 is 1.29 bits per heavy atom. The third kappa shape index (κ3) is 5.25. The summed E-state index contributed by atoms with van der Waals surface area (Å²) in [6, 6.07) is 8.52. The zero-order chi connectivity index (χ0) is 16.2. The van der Waals surface area contributed by atoms with Gasteiger partial charge >= 0.3 is 0 Å². The van der Waals surface area contributed by atoms with Gasteiger partial charge in [-0.2, -0.15) is 0 Å². The van der Waals surface area contributed by atoms with Crippen LogP contribution in [0.3, 0.4) is 0 Å². The molecule has 1 heterocycles. The summed E-state index contributed by atoms with van der Waals surface area (Å²) in [4.78, 5) is 14.9. The molecule has 3 N–H and O–H groups in total. The first-order chi connectivity index (χ1) is 10.5. The molecule has 1 amide bonds. The SMILES string of the molecule is CCC(CC)(CN)C(=O)NC1CCN(c2ccc(Br)cc2)C1.Cl.Cl. The molecule has 0 bridgehead atoms. The number of carbonyl (C=O) groups is 1.